The lowest BCUT2D eigenvalue weighted by Crippen LogP contribution is -2.51. The van der Waals surface area contributed by atoms with Crippen molar-refractivity contribution in [3.05, 3.63) is 30.3 Å². The zero-order valence-corrected chi connectivity index (χ0v) is 18.2. The molecule has 1 saturated heterocycles. The summed E-state index contributed by atoms with van der Waals surface area (Å²) >= 11 is 0. The van der Waals surface area contributed by atoms with Crippen LogP contribution in [0.5, 0.6) is 0 Å². The summed E-state index contributed by atoms with van der Waals surface area (Å²) in [5, 5.41) is 29.1. The first-order chi connectivity index (χ1) is 15.2. The van der Waals surface area contributed by atoms with E-state index < -0.39 is 30.0 Å². The number of nitrogens with two attached hydrogens (primary N) is 1. The molecule has 1 fully saturated rings. The summed E-state index contributed by atoms with van der Waals surface area (Å²) in [7, 11) is -6.77. The maximum absolute atomic E-state index is 13.2. The Morgan fingerprint density at radius 1 is 1.09 bits per heavy atom. The molecule has 0 unspecified atom stereocenters. The maximum Gasteiger partial charge on any atom is 0.240 e. The molecule has 32 heavy (non-hydrogen) atoms. The summed E-state index contributed by atoms with van der Waals surface area (Å²) in [6.07, 6.45) is 0. The third-order valence-electron chi connectivity index (χ3n) is 5.40. The van der Waals surface area contributed by atoms with Crippen molar-refractivity contribution in [2.75, 3.05) is 13.1 Å². The average Bonchev–Trinajstić information content (AvgIpc) is 3.34. The molecule has 1 aliphatic rings. The van der Waals surface area contributed by atoms with Gasteiger partial charge in [0.15, 0.2) is 15.7 Å². The van der Waals surface area contributed by atoms with E-state index in [1.54, 1.807) is 29.9 Å². The molecular formula is C17H17N9O4S2. The molecule has 4 aromatic rings. The summed E-state index contributed by atoms with van der Waals surface area (Å²) < 4.78 is 53.4. The summed E-state index contributed by atoms with van der Waals surface area (Å²) in [5.41, 5.74) is 2.26. The molecule has 166 valence electrons. The molecule has 4 N–H and O–H groups in total. The highest BCUT2D eigenvalue weighted by Gasteiger charge is 2.38. The van der Waals surface area contributed by atoms with Crippen LogP contribution in [0.1, 0.15) is 0 Å². The molecule has 0 atom stereocenters. The van der Waals surface area contributed by atoms with E-state index >= 15 is 0 Å². The van der Waals surface area contributed by atoms with Gasteiger partial charge in [-0.2, -0.15) is 0 Å². The minimum Gasteiger partial charge on any atom is -0.314 e. The molecule has 3 heterocycles. The van der Waals surface area contributed by atoms with Gasteiger partial charge in [-0.3, -0.25) is 0 Å². The van der Waals surface area contributed by atoms with E-state index in [2.05, 4.69) is 36.3 Å². The summed E-state index contributed by atoms with van der Waals surface area (Å²) in [6, 6.07) is 7.99. The monoisotopic (exact) mass is 475 g/mol. The Bertz CT molecular complexity index is 1560. The maximum atomic E-state index is 13.2. The largest absolute Gasteiger partial charge is 0.314 e. The second-order valence-electron chi connectivity index (χ2n) is 7.35. The summed E-state index contributed by atoms with van der Waals surface area (Å²) in [4.78, 5) is -0.936. The Hall–Kier alpha value is -3.27. The minimum atomic E-state index is -4.51. The molecule has 15 heteroatoms. The molecule has 2 aromatic carbocycles. The number of hydrogen-bond acceptors (Lipinski definition) is 10. The molecule has 0 amide bonds. The molecule has 13 nitrogen and oxygen atoms in total. The number of nitrogens with zero attached hydrogens (tertiary/aromatic N) is 6. The number of nitrogens with one attached hydrogen (secondary N) is 2. The van der Waals surface area contributed by atoms with Crippen LogP contribution >= 0.6 is 0 Å². The van der Waals surface area contributed by atoms with Crippen LogP contribution in [0.3, 0.4) is 0 Å². The normalized spacial score (nSPS) is 15.2. The first kappa shape index (κ1) is 20.6. The molecule has 0 radical (unpaired) electrons. The Labute approximate surface area is 182 Å². The number of H-pyrrole nitrogens is 1. The van der Waals surface area contributed by atoms with Gasteiger partial charge in [0.25, 0.3) is 0 Å². The fourth-order valence-corrected chi connectivity index (χ4v) is 6.86. The predicted molar refractivity (Wildman–Crippen MR) is 112 cm³/mol. The zero-order valence-electron chi connectivity index (χ0n) is 16.6. The lowest BCUT2D eigenvalue weighted by Gasteiger charge is -2.28. The first-order valence-electron chi connectivity index (χ1n) is 9.36. The van der Waals surface area contributed by atoms with E-state index in [9.17, 15) is 16.8 Å². The lowest BCUT2D eigenvalue weighted by atomic mass is 9.98. The van der Waals surface area contributed by atoms with Crippen molar-refractivity contribution in [2.24, 2.45) is 12.2 Å². The number of sulfonamides is 1. The van der Waals surface area contributed by atoms with Crippen molar-refractivity contribution in [2.45, 2.75) is 15.0 Å². The summed E-state index contributed by atoms with van der Waals surface area (Å²) in [5.74, 6) is -0.0314. The Morgan fingerprint density at radius 2 is 1.88 bits per heavy atom. The molecular weight excluding hydrogens is 458 g/mol. The van der Waals surface area contributed by atoms with Gasteiger partial charge in [-0.1, -0.05) is 17.3 Å². The van der Waals surface area contributed by atoms with Crippen LogP contribution in [-0.2, 0) is 26.9 Å². The number of tetrazole rings is 1. The molecule has 0 bridgehead atoms. The SMILES string of the molecule is Cn1nnc2ccc(-c3ccc(S(=O)(=O)C4CNC4)c(S(N)(=O)=O)c3-c3nnn[nH]3)cc21. The number of rotatable bonds is 5. The smallest absolute Gasteiger partial charge is 0.240 e. The second kappa shape index (κ2) is 7.13. The van der Waals surface area contributed by atoms with Crippen molar-refractivity contribution in [1.29, 1.82) is 0 Å². The van der Waals surface area contributed by atoms with Crippen molar-refractivity contribution in [3.8, 4) is 22.5 Å². The summed E-state index contributed by atoms with van der Waals surface area (Å²) in [6.45, 7) is 0.439. The molecule has 0 spiro atoms. The van der Waals surface area contributed by atoms with E-state index in [0.717, 1.165) is 0 Å². The van der Waals surface area contributed by atoms with Gasteiger partial charge in [-0.05, 0) is 39.8 Å². The fraction of sp³-hybridized carbons (Fsp3) is 0.235. The highest BCUT2D eigenvalue weighted by atomic mass is 32.2. The third-order valence-corrected chi connectivity index (χ3v) is 8.69. The topological polar surface area (TPSA) is 191 Å². The van der Waals surface area contributed by atoms with Crippen LogP contribution in [0.4, 0.5) is 0 Å². The molecule has 2 aromatic heterocycles. The van der Waals surface area contributed by atoms with Gasteiger partial charge in [-0.15, -0.1) is 10.2 Å². The van der Waals surface area contributed by atoms with Crippen LogP contribution in [0.25, 0.3) is 33.5 Å². The van der Waals surface area contributed by atoms with E-state index in [0.29, 0.717) is 22.2 Å². The van der Waals surface area contributed by atoms with Gasteiger partial charge in [-0.25, -0.2) is 31.8 Å². The number of hydrogen-bond donors (Lipinski definition) is 3. The number of primary sulfonamides is 1. The van der Waals surface area contributed by atoms with Crippen LogP contribution in [0, 0.1) is 0 Å². The number of sulfone groups is 1. The molecule has 1 aliphatic heterocycles. The van der Waals surface area contributed by atoms with E-state index in [-0.39, 0.29) is 29.4 Å². The number of aryl methyl sites for hydroxylation is 1. The molecule has 5 rings (SSSR count). The number of aromatic amines is 1. The third kappa shape index (κ3) is 3.17. The van der Waals surface area contributed by atoms with Crippen molar-refractivity contribution in [3.63, 3.8) is 0 Å². The number of aromatic nitrogens is 7. The van der Waals surface area contributed by atoms with Crippen molar-refractivity contribution in [1.82, 2.24) is 40.9 Å². The van der Waals surface area contributed by atoms with Crippen LogP contribution in [-0.4, -0.2) is 70.8 Å². The lowest BCUT2D eigenvalue weighted by molar-refractivity contribution is 0.493. The molecule has 0 aliphatic carbocycles. The first-order valence-corrected chi connectivity index (χ1v) is 12.5. The highest BCUT2D eigenvalue weighted by Crippen LogP contribution is 2.40. The number of benzene rings is 2. The van der Waals surface area contributed by atoms with Gasteiger partial charge < -0.3 is 5.32 Å². The van der Waals surface area contributed by atoms with Gasteiger partial charge in [0.05, 0.1) is 15.7 Å². The van der Waals surface area contributed by atoms with Gasteiger partial charge >= 0.3 is 0 Å². The van der Waals surface area contributed by atoms with Crippen molar-refractivity contribution < 1.29 is 16.8 Å². The Morgan fingerprint density at radius 3 is 2.50 bits per heavy atom. The van der Waals surface area contributed by atoms with Gasteiger partial charge in [0.2, 0.25) is 10.0 Å². The highest BCUT2D eigenvalue weighted by molar-refractivity contribution is 7.94. The quantitative estimate of drug-likeness (QED) is 0.329. The van der Waals surface area contributed by atoms with E-state index in [1.807, 2.05) is 0 Å². The minimum absolute atomic E-state index is 0.0275. The van der Waals surface area contributed by atoms with Crippen molar-refractivity contribution >= 4 is 30.9 Å². The standard InChI is InChI=1S/C17H17N9O4S2/c1-26-13-6-9(2-4-12(13)20-25-26)11-3-5-14(31(27,28)10-7-19-8-10)16(32(18,29)30)15(11)17-21-23-24-22-17/h2-6,10,19H,7-8H2,1H3,(H2,18,29,30)(H,21,22,23,24). The predicted octanol–water partition coefficient (Wildman–Crippen LogP) is -0.792. The Balaban J connectivity index is 1.87. The van der Waals surface area contributed by atoms with Gasteiger partial charge in [0.1, 0.15) is 10.4 Å². The zero-order chi connectivity index (χ0) is 22.7. The van der Waals surface area contributed by atoms with Crippen LogP contribution in [0.15, 0.2) is 40.1 Å². The number of fused-ring (bicyclic) bond motifs is 1. The fourth-order valence-electron chi connectivity index (χ4n) is 3.67. The Kier molecular flexibility index (Phi) is 4.59. The van der Waals surface area contributed by atoms with Crippen LogP contribution in [0.2, 0.25) is 0 Å². The molecule has 0 saturated carbocycles. The average molecular weight is 476 g/mol. The van der Waals surface area contributed by atoms with E-state index in [4.69, 9.17) is 5.14 Å². The van der Waals surface area contributed by atoms with E-state index in [1.165, 1.54) is 12.1 Å². The van der Waals surface area contributed by atoms with Crippen LogP contribution < -0.4 is 10.5 Å². The van der Waals surface area contributed by atoms with Gasteiger partial charge in [0, 0.05) is 25.7 Å². The second-order valence-corrected chi connectivity index (χ2v) is 11.0.